The average Bonchev–Trinajstić information content (AvgIpc) is 2.64. The van der Waals surface area contributed by atoms with E-state index < -0.39 is 0 Å². The third kappa shape index (κ3) is 4.88. The zero-order valence-electron chi connectivity index (χ0n) is 11.5. The quantitative estimate of drug-likeness (QED) is 0.792. The lowest BCUT2D eigenvalue weighted by molar-refractivity contribution is 0.161. The second kappa shape index (κ2) is 6.17. The minimum Gasteiger partial charge on any atom is -0.360 e. The maximum atomic E-state index is 5.79. The van der Waals surface area contributed by atoms with Crippen LogP contribution in [0.25, 0.3) is 0 Å². The number of hydrogen-bond donors (Lipinski definition) is 1. The maximum Gasteiger partial charge on any atom is 0.150 e. The molecule has 0 fully saturated rings. The molecule has 0 radical (unpaired) electrons. The first kappa shape index (κ1) is 14.2. The Morgan fingerprint density at radius 1 is 1.47 bits per heavy atom. The molecular weight excluding hydrogens is 214 g/mol. The summed E-state index contributed by atoms with van der Waals surface area (Å²) in [7, 11) is 0. The van der Waals surface area contributed by atoms with Crippen molar-refractivity contribution in [3.05, 3.63) is 17.5 Å². The lowest BCUT2D eigenvalue weighted by atomic mass is 9.93. The lowest BCUT2D eigenvalue weighted by Crippen LogP contribution is -2.38. The van der Waals surface area contributed by atoms with Crippen molar-refractivity contribution in [2.75, 3.05) is 19.6 Å². The Bertz CT molecular complexity index is 333. The van der Waals surface area contributed by atoms with Gasteiger partial charge in [-0.05, 0) is 31.8 Å². The van der Waals surface area contributed by atoms with E-state index in [1.165, 1.54) is 0 Å². The summed E-state index contributed by atoms with van der Waals surface area (Å²) in [6.07, 6.45) is 1.13. The van der Waals surface area contributed by atoms with E-state index in [9.17, 15) is 0 Å². The van der Waals surface area contributed by atoms with E-state index in [2.05, 4.69) is 30.8 Å². The van der Waals surface area contributed by atoms with Gasteiger partial charge in [0.2, 0.25) is 0 Å². The van der Waals surface area contributed by atoms with Crippen LogP contribution in [0.4, 0.5) is 0 Å². The molecule has 98 valence electrons. The fourth-order valence-electron chi connectivity index (χ4n) is 1.91. The van der Waals surface area contributed by atoms with Crippen molar-refractivity contribution >= 4 is 0 Å². The zero-order valence-corrected chi connectivity index (χ0v) is 11.5. The number of nitrogens with zero attached hydrogens (tertiary/aromatic N) is 2. The molecule has 0 spiro atoms. The molecule has 0 amide bonds. The van der Waals surface area contributed by atoms with E-state index in [-0.39, 0.29) is 5.41 Å². The summed E-state index contributed by atoms with van der Waals surface area (Å²) in [5, 5.41) is 3.92. The highest BCUT2D eigenvalue weighted by molar-refractivity contribution is 5.02. The van der Waals surface area contributed by atoms with Crippen LogP contribution in [0.2, 0.25) is 0 Å². The van der Waals surface area contributed by atoms with Gasteiger partial charge in [0.05, 0.1) is 12.2 Å². The summed E-state index contributed by atoms with van der Waals surface area (Å²) in [5.74, 6) is 0.934. The number of rotatable bonds is 7. The Morgan fingerprint density at radius 2 is 2.18 bits per heavy atom. The molecule has 0 aliphatic rings. The second-order valence-corrected chi connectivity index (χ2v) is 5.51. The summed E-state index contributed by atoms with van der Waals surface area (Å²) in [6, 6.07) is 2.00. The Hall–Kier alpha value is -0.870. The van der Waals surface area contributed by atoms with Crippen LogP contribution >= 0.6 is 0 Å². The molecule has 0 aromatic carbocycles. The van der Waals surface area contributed by atoms with Gasteiger partial charge in [-0.15, -0.1) is 0 Å². The van der Waals surface area contributed by atoms with Gasteiger partial charge in [0, 0.05) is 12.6 Å². The highest BCUT2D eigenvalue weighted by Crippen LogP contribution is 2.17. The fraction of sp³-hybridized carbons (Fsp3) is 0.769. The molecule has 17 heavy (non-hydrogen) atoms. The van der Waals surface area contributed by atoms with Gasteiger partial charge in [-0.2, -0.15) is 0 Å². The molecule has 0 aliphatic carbocycles. The van der Waals surface area contributed by atoms with E-state index >= 15 is 0 Å². The van der Waals surface area contributed by atoms with Crippen molar-refractivity contribution < 1.29 is 4.52 Å². The molecule has 0 saturated carbocycles. The van der Waals surface area contributed by atoms with Gasteiger partial charge in [0.25, 0.3) is 0 Å². The predicted octanol–water partition coefficient (Wildman–Crippen LogP) is 2.18. The predicted molar refractivity (Wildman–Crippen MR) is 69.6 cm³/mol. The molecule has 1 heterocycles. The van der Waals surface area contributed by atoms with Crippen LogP contribution in [0.15, 0.2) is 10.6 Å². The van der Waals surface area contributed by atoms with Crippen LogP contribution in [0.5, 0.6) is 0 Å². The number of hydrogen-bond acceptors (Lipinski definition) is 4. The first-order chi connectivity index (χ1) is 7.96. The zero-order chi connectivity index (χ0) is 12.9. The second-order valence-electron chi connectivity index (χ2n) is 5.51. The van der Waals surface area contributed by atoms with Crippen molar-refractivity contribution in [1.29, 1.82) is 0 Å². The molecular formula is C13H25N3O. The summed E-state index contributed by atoms with van der Waals surface area (Å²) in [4.78, 5) is 2.38. The standard InChI is InChI=1S/C13H25N3O/c1-5-6-16(10-13(3,4)9-14)8-12-7-11(2)15-17-12/h7H,5-6,8-10,14H2,1-4H3. The fourth-order valence-corrected chi connectivity index (χ4v) is 1.91. The van der Waals surface area contributed by atoms with Crippen LogP contribution in [-0.4, -0.2) is 29.7 Å². The molecule has 1 rings (SSSR count). The highest BCUT2D eigenvalue weighted by atomic mass is 16.5. The molecule has 4 heteroatoms. The van der Waals surface area contributed by atoms with Crippen molar-refractivity contribution in [3.63, 3.8) is 0 Å². The van der Waals surface area contributed by atoms with E-state index in [1.54, 1.807) is 0 Å². The van der Waals surface area contributed by atoms with E-state index in [4.69, 9.17) is 10.3 Å². The maximum absolute atomic E-state index is 5.79. The molecule has 1 aromatic heterocycles. The molecule has 0 bridgehead atoms. The van der Waals surface area contributed by atoms with E-state index in [0.717, 1.165) is 37.5 Å². The Balaban J connectivity index is 2.60. The largest absolute Gasteiger partial charge is 0.360 e. The monoisotopic (exact) mass is 239 g/mol. The van der Waals surface area contributed by atoms with Gasteiger partial charge < -0.3 is 10.3 Å². The number of nitrogens with two attached hydrogens (primary N) is 1. The molecule has 0 unspecified atom stereocenters. The van der Waals surface area contributed by atoms with Gasteiger partial charge in [-0.3, -0.25) is 4.90 Å². The highest BCUT2D eigenvalue weighted by Gasteiger charge is 2.20. The van der Waals surface area contributed by atoms with E-state index in [1.807, 2.05) is 13.0 Å². The van der Waals surface area contributed by atoms with Crippen LogP contribution < -0.4 is 5.73 Å². The molecule has 0 aliphatic heterocycles. The van der Waals surface area contributed by atoms with Crippen LogP contribution in [0.1, 0.15) is 38.6 Å². The minimum atomic E-state index is 0.143. The van der Waals surface area contributed by atoms with Gasteiger partial charge in [0.15, 0.2) is 5.76 Å². The molecule has 0 saturated heterocycles. The average molecular weight is 239 g/mol. The van der Waals surface area contributed by atoms with Gasteiger partial charge >= 0.3 is 0 Å². The Kier molecular flexibility index (Phi) is 5.15. The first-order valence-corrected chi connectivity index (χ1v) is 6.31. The molecule has 2 N–H and O–H groups in total. The third-order valence-corrected chi connectivity index (χ3v) is 2.80. The Labute approximate surface area is 104 Å². The summed E-state index contributed by atoms with van der Waals surface area (Å²) >= 11 is 0. The number of aryl methyl sites for hydroxylation is 1. The van der Waals surface area contributed by atoms with Crippen molar-refractivity contribution in [3.8, 4) is 0 Å². The Morgan fingerprint density at radius 3 is 2.65 bits per heavy atom. The summed E-state index contributed by atoms with van der Waals surface area (Å²) in [5.41, 5.74) is 6.87. The van der Waals surface area contributed by atoms with Crippen LogP contribution in [-0.2, 0) is 6.54 Å². The SMILES string of the molecule is CCCN(Cc1cc(C)no1)CC(C)(C)CN. The first-order valence-electron chi connectivity index (χ1n) is 6.31. The normalized spacial score (nSPS) is 12.4. The van der Waals surface area contributed by atoms with Gasteiger partial charge in [0.1, 0.15) is 0 Å². The van der Waals surface area contributed by atoms with Crippen LogP contribution in [0.3, 0.4) is 0 Å². The van der Waals surface area contributed by atoms with Crippen molar-refractivity contribution in [1.82, 2.24) is 10.1 Å². The van der Waals surface area contributed by atoms with Gasteiger partial charge in [-0.25, -0.2) is 0 Å². The minimum absolute atomic E-state index is 0.143. The number of aromatic nitrogens is 1. The van der Waals surface area contributed by atoms with E-state index in [0.29, 0.717) is 6.54 Å². The smallest absolute Gasteiger partial charge is 0.150 e. The molecule has 1 aromatic rings. The van der Waals surface area contributed by atoms with Gasteiger partial charge in [-0.1, -0.05) is 25.9 Å². The third-order valence-electron chi connectivity index (χ3n) is 2.80. The summed E-state index contributed by atoms with van der Waals surface area (Å²) in [6.45, 7) is 12.1. The van der Waals surface area contributed by atoms with Crippen LogP contribution in [0, 0.1) is 12.3 Å². The molecule has 4 nitrogen and oxygen atoms in total. The molecule has 0 atom stereocenters. The van der Waals surface area contributed by atoms with Crippen molar-refractivity contribution in [2.45, 2.75) is 40.7 Å². The topological polar surface area (TPSA) is 55.3 Å². The summed E-state index contributed by atoms with van der Waals surface area (Å²) < 4.78 is 5.27. The van der Waals surface area contributed by atoms with Crippen molar-refractivity contribution in [2.24, 2.45) is 11.1 Å². The lowest BCUT2D eigenvalue weighted by Gasteiger charge is -2.30.